The molecule has 0 unspecified atom stereocenters. The van der Waals surface area contributed by atoms with E-state index in [9.17, 15) is 14.7 Å². The average Bonchev–Trinajstić information content (AvgIpc) is 2.45. The van der Waals surface area contributed by atoms with Crippen LogP contribution in [0.3, 0.4) is 0 Å². The van der Waals surface area contributed by atoms with Gasteiger partial charge in [0.2, 0.25) is 0 Å². The molecule has 0 radical (unpaired) electrons. The molecule has 0 aromatic heterocycles. The summed E-state index contributed by atoms with van der Waals surface area (Å²) in [7, 11) is 1.45. The van der Waals surface area contributed by atoms with Crippen molar-refractivity contribution in [3.63, 3.8) is 0 Å². The van der Waals surface area contributed by atoms with Gasteiger partial charge in [0.05, 0.1) is 6.61 Å². The monoisotopic (exact) mass is 279 g/mol. The molecule has 5 nitrogen and oxygen atoms in total. The molecule has 1 aromatic carbocycles. The number of likely N-dealkylation sites (N-methyl/N-ethyl adjacent to an activating group) is 1. The summed E-state index contributed by atoms with van der Waals surface area (Å²) in [6, 6.07) is 8.30. The largest absolute Gasteiger partial charge is 0.480 e. The lowest BCUT2D eigenvalue weighted by Crippen LogP contribution is -2.44. The molecule has 110 valence electrons. The number of rotatable bonds is 7. The van der Waals surface area contributed by atoms with Crippen LogP contribution in [0.2, 0.25) is 0 Å². The molecule has 1 N–H and O–H groups in total. The van der Waals surface area contributed by atoms with Gasteiger partial charge in [-0.2, -0.15) is 0 Å². The van der Waals surface area contributed by atoms with Crippen molar-refractivity contribution < 1.29 is 19.4 Å². The molecule has 0 aliphatic heterocycles. The Morgan fingerprint density at radius 2 is 1.95 bits per heavy atom. The number of carboxylic acid groups (broad SMARTS) is 1. The number of ether oxygens (including phenoxy) is 1. The summed E-state index contributed by atoms with van der Waals surface area (Å²) in [5.41, 5.74) is 0.869. The lowest BCUT2D eigenvalue weighted by Gasteiger charge is -2.24. The normalized spacial score (nSPS) is 11.7. The van der Waals surface area contributed by atoms with Crippen molar-refractivity contribution in [2.24, 2.45) is 0 Å². The predicted octanol–water partition coefficient (Wildman–Crippen LogP) is 2.55. The fourth-order valence-corrected chi connectivity index (χ4v) is 1.76. The number of hydrogen-bond acceptors (Lipinski definition) is 3. The second kappa shape index (κ2) is 8.19. The third kappa shape index (κ3) is 4.91. The molecule has 1 aromatic rings. The average molecular weight is 279 g/mol. The van der Waals surface area contributed by atoms with E-state index >= 15 is 0 Å². The first-order valence-corrected chi connectivity index (χ1v) is 6.72. The maximum atomic E-state index is 11.8. The van der Waals surface area contributed by atoms with E-state index < -0.39 is 18.1 Å². The Kier molecular flexibility index (Phi) is 6.56. The SMILES string of the molecule is CCCCOC(=O)N(C)[C@H](Cc1ccccc1)C(=O)O. The Morgan fingerprint density at radius 3 is 2.50 bits per heavy atom. The second-order valence-electron chi connectivity index (χ2n) is 4.62. The van der Waals surface area contributed by atoms with Gasteiger partial charge >= 0.3 is 12.1 Å². The third-order valence-electron chi connectivity index (χ3n) is 3.04. The zero-order chi connectivity index (χ0) is 15.0. The molecule has 5 heteroatoms. The number of hydrogen-bond donors (Lipinski definition) is 1. The van der Waals surface area contributed by atoms with E-state index in [1.165, 1.54) is 7.05 Å². The van der Waals surface area contributed by atoms with E-state index in [0.29, 0.717) is 6.61 Å². The van der Waals surface area contributed by atoms with E-state index in [0.717, 1.165) is 23.3 Å². The molecule has 1 atom stereocenters. The summed E-state index contributed by atoms with van der Waals surface area (Å²) in [5, 5.41) is 9.28. The van der Waals surface area contributed by atoms with Crippen LogP contribution in [0.25, 0.3) is 0 Å². The van der Waals surface area contributed by atoms with Gasteiger partial charge in [0.15, 0.2) is 0 Å². The van der Waals surface area contributed by atoms with Crippen LogP contribution in [-0.2, 0) is 16.0 Å². The summed E-state index contributed by atoms with van der Waals surface area (Å²) in [6.45, 7) is 2.31. The molecular formula is C15H21NO4. The molecule has 1 amide bonds. The zero-order valence-corrected chi connectivity index (χ0v) is 11.9. The highest BCUT2D eigenvalue weighted by Crippen LogP contribution is 2.09. The number of amides is 1. The maximum Gasteiger partial charge on any atom is 0.410 e. The Labute approximate surface area is 119 Å². The van der Waals surface area contributed by atoms with Crippen molar-refractivity contribution in [3.8, 4) is 0 Å². The summed E-state index contributed by atoms with van der Waals surface area (Å²) in [4.78, 5) is 24.3. The molecule has 0 heterocycles. The van der Waals surface area contributed by atoms with Gasteiger partial charge in [0, 0.05) is 13.5 Å². The van der Waals surface area contributed by atoms with Gasteiger partial charge in [0.1, 0.15) is 6.04 Å². The van der Waals surface area contributed by atoms with E-state index in [1.54, 1.807) is 0 Å². The summed E-state index contributed by atoms with van der Waals surface area (Å²) in [5.74, 6) is -1.04. The molecule has 0 aliphatic carbocycles. The van der Waals surface area contributed by atoms with Crippen molar-refractivity contribution in [3.05, 3.63) is 35.9 Å². The first-order chi connectivity index (χ1) is 9.56. The van der Waals surface area contributed by atoms with Gasteiger partial charge in [-0.25, -0.2) is 9.59 Å². The molecular weight excluding hydrogens is 258 g/mol. The van der Waals surface area contributed by atoms with Gasteiger partial charge in [0.25, 0.3) is 0 Å². The van der Waals surface area contributed by atoms with Crippen molar-refractivity contribution >= 4 is 12.1 Å². The van der Waals surface area contributed by atoms with Crippen LogP contribution in [0.1, 0.15) is 25.3 Å². The number of unbranched alkanes of at least 4 members (excludes halogenated alkanes) is 1. The first kappa shape index (κ1) is 16.0. The Hall–Kier alpha value is -2.04. The Morgan fingerprint density at radius 1 is 1.30 bits per heavy atom. The van der Waals surface area contributed by atoms with E-state index in [-0.39, 0.29) is 6.42 Å². The van der Waals surface area contributed by atoms with Crippen LogP contribution in [0, 0.1) is 0 Å². The lowest BCUT2D eigenvalue weighted by atomic mass is 10.1. The minimum absolute atomic E-state index is 0.259. The van der Waals surface area contributed by atoms with Crippen molar-refractivity contribution in [2.45, 2.75) is 32.2 Å². The summed E-state index contributed by atoms with van der Waals surface area (Å²) >= 11 is 0. The van der Waals surface area contributed by atoms with Crippen LogP contribution in [0.4, 0.5) is 4.79 Å². The standard InChI is InChI=1S/C15H21NO4/c1-3-4-10-20-15(19)16(2)13(14(17)18)11-12-8-6-5-7-9-12/h5-9,13H,3-4,10-11H2,1-2H3,(H,17,18)/t13-/m1/s1. The molecule has 0 bridgehead atoms. The van der Waals surface area contributed by atoms with Gasteiger partial charge in [-0.15, -0.1) is 0 Å². The number of benzene rings is 1. The van der Waals surface area contributed by atoms with E-state index in [4.69, 9.17) is 4.74 Å². The van der Waals surface area contributed by atoms with Gasteiger partial charge < -0.3 is 9.84 Å². The number of aliphatic carboxylic acids is 1. The number of nitrogens with zero attached hydrogens (tertiary/aromatic N) is 1. The molecule has 0 spiro atoms. The topological polar surface area (TPSA) is 66.8 Å². The van der Waals surface area contributed by atoms with Crippen LogP contribution < -0.4 is 0 Å². The first-order valence-electron chi connectivity index (χ1n) is 6.72. The van der Waals surface area contributed by atoms with Crippen LogP contribution in [-0.4, -0.2) is 41.8 Å². The van der Waals surface area contributed by atoms with Gasteiger partial charge in [-0.3, -0.25) is 4.90 Å². The smallest absolute Gasteiger partial charge is 0.410 e. The Bertz CT molecular complexity index is 433. The molecule has 20 heavy (non-hydrogen) atoms. The fraction of sp³-hybridized carbons (Fsp3) is 0.467. The highest BCUT2D eigenvalue weighted by molar-refractivity contribution is 5.80. The lowest BCUT2D eigenvalue weighted by molar-refractivity contribution is -0.142. The molecule has 0 fully saturated rings. The van der Waals surface area contributed by atoms with Crippen molar-refractivity contribution in [1.29, 1.82) is 0 Å². The molecule has 0 saturated carbocycles. The second-order valence-corrected chi connectivity index (χ2v) is 4.62. The van der Waals surface area contributed by atoms with Gasteiger partial charge in [-0.1, -0.05) is 43.7 Å². The number of carboxylic acids is 1. The maximum absolute atomic E-state index is 11.8. The fourth-order valence-electron chi connectivity index (χ4n) is 1.76. The van der Waals surface area contributed by atoms with Crippen molar-refractivity contribution in [2.75, 3.05) is 13.7 Å². The minimum atomic E-state index is -1.04. The zero-order valence-electron chi connectivity index (χ0n) is 11.9. The van der Waals surface area contributed by atoms with Gasteiger partial charge in [-0.05, 0) is 12.0 Å². The van der Waals surface area contributed by atoms with E-state index in [1.807, 2.05) is 37.3 Å². The number of carbonyl (C=O) groups is 2. The highest BCUT2D eigenvalue weighted by Gasteiger charge is 2.27. The molecule has 0 saturated heterocycles. The van der Waals surface area contributed by atoms with Crippen molar-refractivity contribution in [1.82, 2.24) is 4.90 Å². The predicted molar refractivity (Wildman–Crippen MR) is 75.6 cm³/mol. The minimum Gasteiger partial charge on any atom is -0.480 e. The summed E-state index contributed by atoms with van der Waals surface area (Å²) in [6.07, 6.45) is 1.36. The third-order valence-corrected chi connectivity index (χ3v) is 3.04. The van der Waals surface area contributed by atoms with E-state index in [2.05, 4.69) is 0 Å². The quantitative estimate of drug-likeness (QED) is 0.779. The van der Waals surface area contributed by atoms with Crippen LogP contribution in [0.5, 0.6) is 0 Å². The Balaban J connectivity index is 2.65. The molecule has 1 rings (SSSR count). The van der Waals surface area contributed by atoms with Crippen LogP contribution in [0.15, 0.2) is 30.3 Å². The number of carbonyl (C=O) groups excluding carboxylic acids is 1. The summed E-state index contributed by atoms with van der Waals surface area (Å²) < 4.78 is 5.04. The van der Waals surface area contributed by atoms with Crippen LogP contribution >= 0.6 is 0 Å². The highest BCUT2D eigenvalue weighted by atomic mass is 16.6. The molecule has 0 aliphatic rings.